The van der Waals surface area contributed by atoms with Gasteiger partial charge in [0, 0.05) is 11.1 Å². The van der Waals surface area contributed by atoms with Crippen LogP contribution in [0.5, 0.6) is 0 Å². The second kappa shape index (κ2) is 5.46. The van der Waals surface area contributed by atoms with Gasteiger partial charge in [0.15, 0.2) is 0 Å². The van der Waals surface area contributed by atoms with Crippen molar-refractivity contribution >= 4 is 33.2 Å². The lowest BCUT2D eigenvalue weighted by atomic mass is 10.3. The zero-order chi connectivity index (χ0) is 10.6. The molecule has 0 spiro atoms. The topological polar surface area (TPSA) is 42.0 Å². The van der Waals surface area contributed by atoms with Gasteiger partial charge in [-0.25, -0.2) is 4.98 Å². The summed E-state index contributed by atoms with van der Waals surface area (Å²) < 4.78 is 0. The van der Waals surface area contributed by atoms with Gasteiger partial charge < -0.3 is 5.32 Å². The Morgan fingerprint density at radius 1 is 1.79 bits per heavy atom. The van der Waals surface area contributed by atoms with E-state index in [2.05, 4.69) is 26.2 Å². The second-order valence-corrected chi connectivity index (χ2v) is 5.38. The fourth-order valence-electron chi connectivity index (χ4n) is 0.942. The maximum absolute atomic E-state index is 11.4. The Morgan fingerprint density at radius 3 is 3.00 bits per heavy atom. The third-order valence-corrected chi connectivity index (χ3v) is 3.70. The van der Waals surface area contributed by atoms with Gasteiger partial charge in [-0.3, -0.25) is 4.79 Å². The molecule has 1 rings (SSSR count). The van der Waals surface area contributed by atoms with Crippen LogP contribution in [0.4, 0.5) is 0 Å². The summed E-state index contributed by atoms with van der Waals surface area (Å²) in [4.78, 5) is 16.6. The fourth-order valence-corrected chi connectivity index (χ4v) is 1.83. The maximum Gasteiger partial charge on any atom is 0.234 e. The summed E-state index contributed by atoms with van der Waals surface area (Å²) >= 11 is 4.90. The number of rotatable bonds is 4. The number of amides is 1. The van der Waals surface area contributed by atoms with Crippen molar-refractivity contribution in [1.82, 2.24) is 10.3 Å². The van der Waals surface area contributed by atoms with Crippen LogP contribution >= 0.6 is 27.3 Å². The number of halogens is 1. The molecule has 0 saturated heterocycles. The fraction of sp³-hybridized carbons (Fsp3) is 0.556. The highest BCUT2D eigenvalue weighted by atomic mass is 79.9. The zero-order valence-corrected chi connectivity index (χ0v) is 10.6. The van der Waals surface area contributed by atoms with Gasteiger partial charge in [-0.1, -0.05) is 22.9 Å². The van der Waals surface area contributed by atoms with Crippen LogP contribution in [0.2, 0.25) is 0 Å². The summed E-state index contributed by atoms with van der Waals surface area (Å²) in [6, 6.07) is 0. The van der Waals surface area contributed by atoms with Gasteiger partial charge >= 0.3 is 0 Å². The average molecular weight is 277 g/mol. The average Bonchev–Trinajstić information content (AvgIpc) is 2.59. The monoisotopic (exact) mass is 276 g/mol. The highest BCUT2D eigenvalue weighted by Gasteiger charge is 2.11. The minimum absolute atomic E-state index is 0.0281. The van der Waals surface area contributed by atoms with E-state index in [-0.39, 0.29) is 10.7 Å². The molecule has 0 fully saturated rings. The molecule has 1 atom stereocenters. The Balaban J connectivity index is 2.37. The number of nitrogens with zero attached hydrogens (tertiary/aromatic N) is 1. The van der Waals surface area contributed by atoms with Crippen molar-refractivity contribution in [3.05, 3.63) is 16.1 Å². The van der Waals surface area contributed by atoms with Gasteiger partial charge in [-0.15, -0.1) is 11.3 Å². The Bertz CT molecular complexity index is 314. The van der Waals surface area contributed by atoms with E-state index >= 15 is 0 Å². The Hall–Kier alpha value is -0.420. The van der Waals surface area contributed by atoms with Crippen LogP contribution < -0.4 is 5.32 Å². The molecule has 0 aromatic carbocycles. The van der Waals surface area contributed by atoms with Crippen LogP contribution in [0.1, 0.15) is 23.2 Å². The van der Waals surface area contributed by atoms with Crippen LogP contribution in [0.3, 0.4) is 0 Å². The number of aryl methyl sites for hydroxylation is 1. The first-order chi connectivity index (χ1) is 6.63. The molecule has 1 N–H and O–H groups in total. The highest BCUT2D eigenvalue weighted by Crippen LogP contribution is 2.11. The smallest absolute Gasteiger partial charge is 0.234 e. The number of aromatic nitrogens is 1. The lowest BCUT2D eigenvalue weighted by Crippen LogP contribution is -2.30. The van der Waals surface area contributed by atoms with Gasteiger partial charge in [-0.05, 0) is 13.3 Å². The number of carbonyl (C=O) groups is 1. The first-order valence-electron chi connectivity index (χ1n) is 4.46. The Morgan fingerprint density at radius 2 is 2.50 bits per heavy atom. The molecule has 0 saturated carbocycles. The van der Waals surface area contributed by atoms with E-state index in [1.807, 2.05) is 20.0 Å². The van der Waals surface area contributed by atoms with Gasteiger partial charge in [0.05, 0.1) is 11.4 Å². The summed E-state index contributed by atoms with van der Waals surface area (Å²) in [6.07, 6.45) is 2.61. The van der Waals surface area contributed by atoms with E-state index in [0.717, 1.165) is 11.4 Å². The number of nitrogens with one attached hydrogen (secondary N) is 1. The molecular formula is C9H13BrN2OS. The van der Waals surface area contributed by atoms with Gasteiger partial charge in [-0.2, -0.15) is 0 Å². The van der Waals surface area contributed by atoms with Gasteiger partial charge in [0.2, 0.25) is 5.91 Å². The lowest BCUT2D eigenvalue weighted by Gasteiger charge is -2.06. The largest absolute Gasteiger partial charge is 0.349 e. The molecule has 14 heavy (non-hydrogen) atoms. The first-order valence-corrected chi connectivity index (χ1v) is 6.19. The number of alkyl halides is 1. The molecule has 1 heterocycles. The molecule has 0 bridgehead atoms. The summed E-state index contributed by atoms with van der Waals surface area (Å²) in [5.74, 6) is 0.0281. The van der Waals surface area contributed by atoms with Crippen molar-refractivity contribution in [2.45, 2.75) is 31.6 Å². The van der Waals surface area contributed by atoms with Crippen LogP contribution in [0, 0.1) is 6.92 Å². The van der Waals surface area contributed by atoms with Gasteiger partial charge in [0.1, 0.15) is 5.01 Å². The van der Waals surface area contributed by atoms with Crippen molar-refractivity contribution < 1.29 is 4.79 Å². The quantitative estimate of drug-likeness (QED) is 0.858. The molecule has 1 aromatic rings. The Kier molecular flexibility index (Phi) is 4.54. The normalized spacial score (nSPS) is 12.5. The van der Waals surface area contributed by atoms with E-state index < -0.39 is 0 Å². The number of carbonyl (C=O) groups excluding carboxylic acids is 1. The predicted molar refractivity (Wildman–Crippen MR) is 61.7 cm³/mol. The number of hydrogen-bond acceptors (Lipinski definition) is 3. The molecule has 1 unspecified atom stereocenters. The molecule has 0 aliphatic heterocycles. The number of thiazole rings is 1. The van der Waals surface area contributed by atoms with Crippen molar-refractivity contribution in [2.24, 2.45) is 0 Å². The summed E-state index contributed by atoms with van der Waals surface area (Å²) in [5.41, 5.74) is 0. The molecule has 1 aromatic heterocycles. The van der Waals surface area contributed by atoms with Crippen molar-refractivity contribution in [3.8, 4) is 0 Å². The van der Waals surface area contributed by atoms with Crippen molar-refractivity contribution in [2.75, 3.05) is 0 Å². The summed E-state index contributed by atoms with van der Waals surface area (Å²) in [6.45, 7) is 4.49. The number of hydrogen-bond donors (Lipinski definition) is 1. The van der Waals surface area contributed by atoms with Crippen LogP contribution in [0.15, 0.2) is 6.20 Å². The van der Waals surface area contributed by atoms with Crippen LogP contribution in [0.25, 0.3) is 0 Å². The molecule has 5 heteroatoms. The highest BCUT2D eigenvalue weighted by molar-refractivity contribution is 9.10. The van der Waals surface area contributed by atoms with Crippen molar-refractivity contribution in [1.29, 1.82) is 0 Å². The molecular weight excluding hydrogens is 264 g/mol. The third-order valence-electron chi connectivity index (χ3n) is 1.73. The van der Waals surface area contributed by atoms with E-state index in [0.29, 0.717) is 6.54 Å². The molecule has 0 aliphatic rings. The minimum atomic E-state index is -0.0939. The van der Waals surface area contributed by atoms with Crippen molar-refractivity contribution in [3.63, 3.8) is 0 Å². The Labute approximate surface area is 96.1 Å². The van der Waals surface area contributed by atoms with E-state index in [1.54, 1.807) is 11.3 Å². The standard InChI is InChI=1S/C9H13BrN2OS/c1-3-7(10)9(13)12-5-8-11-4-6(2)14-8/h4,7H,3,5H2,1-2H3,(H,12,13). The molecule has 0 radical (unpaired) electrons. The van der Waals surface area contributed by atoms with Gasteiger partial charge in [0.25, 0.3) is 0 Å². The zero-order valence-electron chi connectivity index (χ0n) is 8.21. The summed E-state index contributed by atoms with van der Waals surface area (Å²) in [7, 11) is 0. The predicted octanol–water partition coefficient (Wildman–Crippen LogP) is 2.24. The SMILES string of the molecule is CCC(Br)C(=O)NCc1ncc(C)s1. The van der Waals surface area contributed by atoms with E-state index in [4.69, 9.17) is 0 Å². The molecule has 0 aliphatic carbocycles. The summed E-state index contributed by atoms with van der Waals surface area (Å²) in [5, 5.41) is 3.78. The van der Waals surface area contributed by atoms with Crippen LogP contribution in [-0.2, 0) is 11.3 Å². The minimum Gasteiger partial charge on any atom is -0.349 e. The lowest BCUT2D eigenvalue weighted by molar-refractivity contribution is -0.120. The second-order valence-electron chi connectivity index (χ2n) is 2.96. The molecule has 1 amide bonds. The molecule has 3 nitrogen and oxygen atoms in total. The van der Waals surface area contributed by atoms with E-state index in [1.165, 1.54) is 4.88 Å². The van der Waals surface area contributed by atoms with Crippen LogP contribution in [-0.4, -0.2) is 15.7 Å². The molecule has 78 valence electrons. The first kappa shape index (κ1) is 11.7. The maximum atomic E-state index is 11.4. The third kappa shape index (κ3) is 3.38. The van der Waals surface area contributed by atoms with E-state index in [9.17, 15) is 4.79 Å².